The van der Waals surface area contributed by atoms with E-state index >= 15 is 0 Å². The first-order valence-corrected chi connectivity index (χ1v) is 9.21. The molecule has 1 heterocycles. The predicted molar refractivity (Wildman–Crippen MR) is 93.3 cm³/mol. The summed E-state index contributed by atoms with van der Waals surface area (Å²) in [6, 6.07) is 6.36. The largest absolute Gasteiger partial charge is 0.464 e. The molecule has 2 rings (SSSR count). The number of carbonyl (C=O) groups excluding carboxylic acids is 1. The Bertz CT molecular complexity index is 690. The number of hydrazine groups is 1. The van der Waals surface area contributed by atoms with Crippen LogP contribution in [0.5, 0.6) is 0 Å². The average molecular weight is 372 g/mol. The number of nitrogens with two attached hydrogens (primary N) is 1. The van der Waals surface area contributed by atoms with Gasteiger partial charge in [0, 0.05) is 25.2 Å². The van der Waals surface area contributed by atoms with Gasteiger partial charge in [-0.15, -0.1) is 0 Å². The Labute approximate surface area is 147 Å². The number of hydrogen-bond donors (Lipinski definition) is 4. The van der Waals surface area contributed by atoms with Crippen LogP contribution in [0.25, 0.3) is 0 Å². The minimum atomic E-state index is -3.44. The zero-order valence-electron chi connectivity index (χ0n) is 14.2. The molecular weight excluding hydrogens is 348 g/mol. The molecule has 10 heteroatoms. The number of nitrogens with one attached hydrogen (secondary N) is 2. The summed E-state index contributed by atoms with van der Waals surface area (Å²) in [7, 11) is -3.44. The van der Waals surface area contributed by atoms with Crippen molar-refractivity contribution in [3.05, 3.63) is 24.3 Å². The number of hydrogen-bond acceptors (Lipinski definition) is 5. The highest BCUT2D eigenvalue weighted by molar-refractivity contribution is 7.89. The third-order valence-corrected chi connectivity index (χ3v) is 5.67. The number of piperidine rings is 1. The fourth-order valence-electron chi connectivity index (χ4n) is 2.48. The zero-order valence-corrected chi connectivity index (χ0v) is 15.0. The maximum absolute atomic E-state index is 12.6. The van der Waals surface area contributed by atoms with Gasteiger partial charge in [0.15, 0.2) is 0 Å². The molecule has 0 saturated carbocycles. The van der Waals surface area contributed by atoms with Crippen LogP contribution in [0.3, 0.4) is 0 Å². The van der Waals surface area contributed by atoms with Crippen molar-refractivity contribution in [3.63, 3.8) is 0 Å². The van der Waals surface area contributed by atoms with Crippen LogP contribution < -0.4 is 16.6 Å². The van der Waals surface area contributed by atoms with Crippen molar-refractivity contribution in [3.8, 4) is 0 Å². The quantitative estimate of drug-likeness (QED) is 0.358. The Morgan fingerprint density at radius 2 is 1.80 bits per heavy atom. The molecule has 25 heavy (non-hydrogen) atoms. The van der Waals surface area contributed by atoms with Gasteiger partial charge in [0.25, 0.3) is 0 Å². The van der Waals surface area contributed by atoms with Gasteiger partial charge in [-0.25, -0.2) is 19.1 Å². The zero-order chi connectivity index (χ0) is 19.0. The summed E-state index contributed by atoms with van der Waals surface area (Å²) >= 11 is 0. The summed E-state index contributed by atoms with van der Waals surface area (Å²) in [4.78, 5) is 20.4. The van der Waals surface area contributed by atoms with Crippen LogP contribution in [-0.4, -0.2) is 42.4 Å². The van der Waals surface area contributed by atoms with Gasteiger partial charge in [0.05, 0.1) is 4.90 Å². The maximum Gasteiger partial charge on any atom is 0.418 e. The van der Waals surface area contributed by atoms with Crippen LogP contribution in [0.4, 0.5) is 10.5 Å². The molecule has 5 N–H and O–H groups in total. The van der Waals surface area contributed by atoms with E-state index in [1.165, 1.54) is 12.3 Å². The minimum Gasteiger partial charge on any atom is -0.464 e. The van der Waals surface area contributed by atoms with Gasteiger partial charge < -0.3 is 10.4 Å². The number of rotatable bonds is 3. The lowest BCUT2D eigenvalue weighted by molar-refractivity contribution is -0.114. The molecule has 2 amide bonds. The second-order valence-electron chi connectivity index (χ2n) is 5.62. The molecule has 1 saturated heterocycles. The fourth-order valence-corrected chi connectivity index (χ4v) is 4.18. The van der Waals surface area contributed by atoms with Gasteiger partial charge >= 0.3 is 6.09 Å². The van der Waals surface area contributed by atoms with Crippen LogP contribution in [0.1, 0.15) is 33.1 Å². The molecule has 0 spiro atoms. The van der Waals surface area contributed by atoms with E-state index in [-0.39, 0.29) is 16.8 Å². The van der Waals surface area contributed by atoms with Gasteiger partial charge in [-0.1, -0.05) is 6.42 Å². The molecule has 0 aliphatic carbocycles. The molecular formula is C15H24N4O5S. The highest BCUT2D eigenvalue weighted by Crippen LogP contribution is 2.25. The number of carboxylic acid groups (broad SMARTS) is 1. The first kappa shape index (κ1) is 20.9. The van der Waals surface area contributed by atoms with Gasteiger partial charge in [-0.05, 0) is 44.0 Å². The average Bonchev–Trinajstić information content (AvgIpc) is 2.55. The lowest BCUT2D eigenvalue weighted by Crippen LogP contribution is -2.41. The lowest BCUT2D eigenvalue weighted by Gasteiger charge is -2.32. The summed E-state index contributed by atoms with van der Waals surface area (Å²) in [5.74, 6) is 4.15. The van der Waals surface area contributed by atoms with Crippen molar-refractivity contribution in [2.45, 2.75) is 44.0 Å². The first-order valence-electron chi connectivity index (χ1n) is 7.77. The molecule has 9 nitrogen and oxygen atoms in total. The standard InChI is InChI=1S/C14H20N2O3S.CH4N2O2/c1-11-5-3-4-10-16(11)20(18,19)14-8-6-13(7-9-14)15-12(2)17;2-3-1(4)5/h6-9,11H,3-5,10H2,1-2H3,(H,15,17);3H,2H2,(H,4,5)/t11-;/m0./s1. The molecule has 1 atom stereocenters. The predicted octanol–water partition coefficient (Wildman–Crippen LogP) is 1.34. The van der Waals surface area contributed by atoms with Crippen molar-refractivity contribution >= 4 is 27.7 Å². The van der Waals surface area contributed by atoms with Crippen LogP contribution in [-0.2, 0) is 14.8 Å². The minimum absolute atomic E-state index is 0.0452. The molecule has 1 fully saturated rings. The SMILES string of the molecule is CC(=O)Nc1ccc(S(=O)(=O)N2CCCC[C@@H]2C)cc1.NNC(=O)O. The van der Waals surface area contributed by atoms with Crippen molar-refractivity contribution in [2.75, 3.05) is 11.9 Å². The second-order valence-corrected chi connectivity index (χ2v) is 7.51. The summed E-state index contributed by atoms with van der Waals surface area (Å²) in [6.45, 7) is 3.94. The summed E-state index contributed by atoms with van der Waals surface area (Å²) in [5, 5.41) is 10.1. The topological polar surface area (TPSA) is 142 Å². The molecule has 0 bridgehead atoms. The number of anilines is 1. The summed E-state index contributed by atoms with van der Waals surface area (Å²) in [5.41, 5.74) is 2.04. The third-order valence-electron chi connectivity index (χ3n) is 3.65. The number of benzene rings is 1. The summed E-state index contributed by atoms with van der Waals surface area (Å²) < 4.78 is 26.7. The molecule has 140 valence electrons. The van der Waals surface area contributed by atoms with Crippen molar-refractivity contribution in [1.29, 1.82) is 0 Å². The van der Waals surface area contributed by atoms with Gasteiger partial charge in [0.2, 0.25) is 15.9 Å². The van der Waals surface area contributed by atoms with Crippen LogP contribution in [0.2, 0.25) is 0 Å². The maximum atomic E-state index is 12.6. The third kappa shape index (κ3) is 6.33. The van der Waals surface area contributed by atoms with Crippen LogP contribution >= 0.6 is 0 Å². The van der Waals surface area contributed by atoms with E-state index in [4.69, 9.17) is 9.90 Å². The normalized spacial score (nSPS) is 17.8. The van der Waals surface area contributed by atoms with Crippen molar-refractivity contribution < 1.29 is 23.1 Å². The monoisotopic (exact) mass is 372 g/mol. The molecule has 0 unspecified atom stereocenters. The first-order chi connectivity index (χ1) is 11.7. The van der Waals surface area contributed by atoms with Gasteiger partial charge in [-0.3, -0.25) is 10.2 Å². The number of carbonyl (C=O) groups is 2. The molecule has 1 aromatic carbocycles. The highest BCUT2D eigenvalue weighted by Gasteiger charge is 2.30. The Morgan fingerprint density at radius 3 is 2.24 bits per heavy atom. The Hall–Kier alpha value is -2.17. The van der Waals surface area contributed by atoms with E-state index in [9.17, 15) is 13.2 Å². The molecule has 1 aliphatic heterocycles. The second kappa shape index (κ2) is 9.35. The number of sulfonamides is 1. The van der Waals surface area contributed by atoms with Gasteiger partial charge in [0.1, 0.15) is 0 Å². The Balaban J connectivity index is 0.000000550. The highest BCUT2D eigenvalue weighted by atomic mass is 32.2. The van der Waals surface area contributed by atoms with E-state index in [1.54, 1.807) is 28.6 Å². The van der Waals surface area contributed by atoms with Crippen molar-refractivity contribution in [1.82, 2.24) is 9.73 Å². The smallest absolute Gasteiger partial charge is 0.418 e. The number of nitrogens with zero attached hydrogens (tertiary/aromatic N) is 1. The lowest BCUT2D eigenvalue weighted by atomic mass is 10.1. The molecule has 0 aromatic heterocycles. The Kier molecular flexibility index (Phi) is 7.81. The van der Waals surface area contributed by atoms with E-state index in [2.05, 4.69) is 11.2 Å². The molecule has 1 aliphatic rings. The van der Waals surface area contributed by atoms with E-state index in [0.717, 1.165) is 19.3 Å². The number of amides is 2. The summed E-state index contributed by atoms with van der Waals surface area (Å²) in [6.07, 6.45) is 1.68. The molecule has 1 aromatic rings. The van der Waals surface area contributed by atoms with Crippen LogP contribution in [0.15, 0.2) is 29.2 Å². The van der Waals surface area contributed by atoms with E-state index in [1.807, 2.05) is 6.92 Å². The van der Waals surface area contributed by atoms with Gasteiger partial charge in [-0.2, -0.15) is 4.31 Å². The van der Waals surface area contributed by atoms with Crippen LogP contribution in [0, 0.1) is 0 Å². The Morgan fingerprint density at radius 1 is 1.24 bits per heavy atom. The van der Waals surface area contributed by atoms with E-state index in [0.29, 0.717) is 12.2 Å². The van der Waals surface area contributed by atoms with Crippen molar-refractivity contribution in [2.24, 2.45) is 5.84 Å². The fraction of sp³-hybridized carbons (Fsp3) is 0.467. The van der Waals surface area contributed by atoms with E-state index < -0.39 is 16.1 Å². The molecule has 0 radical (unpaired) electrons.